The Kier molecular flexibility index (Phi) is 7.58. The zero-order valence-electron chi connectivity index (χ0n) is 19.3. The molecule has 0 unspecified atom stereocenters. The minimum absolute atomic E-state index is 0.0902. The van der Waals surface area contributed by atoms with Gasteiger partial charge >= 0.3 is 0 Å². The first kappa shape index (κ1) is 22.5. The van der Waals surface area contributed by atoms with Gasteiger partial charge < -0.3 is 0 Å². The standard InChI is InChI=1S/C31H35F/c1-3-5-7-8-23-10-12-24(13-11-23)25-14-16-26(17-15-25)28-20-21-30-29(22-28)19-18-27(31(30)32)9-6-4-2/h3-5,14-24H,2,6-13H2,1H3/b5-3+. The van der Waals surface area contributed by atoms with E-state index >= 15 is 0 Å². The second-order valence-corrected chi connectivity index (χ2v) is 9.29. The Morgan fingerprint density at radius 2 is 1.66 bits per heavy atom. The number of hydrogen-bond donors (Lipinski definition) is 0. The predicted molar refractivity (Wildman–Crippen MR) is 137 cm³/mol. The summed E-state index contributed by atoms with van der Waals surface area (Å²) < 4.78 is 14.9. The fraction of sp³-hybridized carbons (Fsp3) is 0.355. The molecule has 1 aliphatic carbocycles. The number of hydrogen-bond acceptors (Lipinski definition) is 0. The van der Waals surface area contributed by atoms with Gasteiger partial charge in [0.1, 0.15) is 5.82 Å². The number of aryl methyl sites for hydroxylation is 1. The van der Waals surface area contributed by atoms with E-state index in [0.29, 0.717) is 17.7 Å². The third-order valence-corrected chi connectivity index (χ3v) is 7.19. The summed E-state index contributed by atoms with van der Waals surface area (Å²) in [6.07, 6.45) is 15.7. The van der Waals surface area contributed by atoms with Crippen LogP contribution in [0.3, 0.4) is 0 Å². The van der Waals surface area contributed by atoms with Gasteiger partial charge in [-0.2, -0.15) is 0 Å². The van der Waals surface area contributed by atoms with Gasteiger partial charge in [0.25, 0.3) is 0 Å². The van der Waals surface area contributed by atoms with Crippen molar-refractivity contribution in [2.75, 3.05) is 0 Å². The van der Waals surface area contributed by atoms with E-state index < -0.39 is 0 Å². The average Bonchev–Trinajstić information content (AvgIpc) is 2.84. The van der Waals surface area contributed by atoms with Crippen LogP contribution in [0.4, 0.5) is 4.39 Å². The molecular formula is C31H35F. The summed E-state index contributed by atoms with van der Waals surface area (Å²) in [5, 5.41) is 1.67. The molecule has 0 heterocycles. The van der Waals surface area contributed by atoms with E-state index in [1.54, 1.807) is 0 Å². The fourth-order valence-electron chi connectivity index (χ4n) is 5.20. The molecule has 32 heavy (non-hydrogen) atoms. The molecule has 1 fully saturated rings. The van der Waals surface area contributed by atoms with E-state index in [-0.39, 0.29) is 5.82 Å². The highest BCUT2D eigenvalue weighted by atomic mass is 19.1. The van der Waals surface area contributed by atoms with Gasteiger partial charge in [-0.15, -0.1) is 6.58 Å². The molecule has 4 rings (SSSR count). The first-order chi connectivity index (χ1) is 15.7. The molecule has 0 atom stereocenters. The highest BCUT2D eigenvalue weighted by Crippen LogP contribution is 2.38. The fourth-order valence-corrected chi connectivity index (χ4v) is 5.20. The van der Waals surface area contributed by atoms with Crippen LogP contribution in [0.25, 0.3) is 21.9 Å². The van der Waals surface area contributed by atoms with Crippen molar-refractivity contribution in [3.8, 4) is 11.1 Å². The van der Waals surface area contributed by atoms with Gasteiger partial charge in [0.15, 0.2) is 0 Å². The number of fused-ring (bicyclic) bond motifs is 1. The molecular weight excluding hydrogens is 391 g/mol. The maximum Gasteiger partial charge on any atom is 0.134 e. The van der Waals surface area contributed by atoms with E-state index in [0.717, 1.165) is 28.9 Å². The predicted octanol–water partition coefficient (Wildman–Crippen LogP) is 9.39. The Balaban J connectivity index is 1.44. The zero-order chi connectivity index (χ0) is 22.3. The van der Waals surface area contributed by atoms with Gasteiger partial charge in [0.05, 0.1) is 0 Å². The van der Waals surface area contributed by atoms with Crippen LogP contribution in [0.5, 0.6) is 0 Å². The number of rotatable bonds is 8. The number of halogens is 1. The smallest absolute Gasteiger partial charge is 0.134 e. The molecule has 1 saturated carbocycles. The molecule has 3 aromatic carbocycles. The summed E-state index contributed by atoms with van der Waals surface area (Å²) in [6, 6.07) is 19.2. The zero-order valence-corrected chi connectivity index (χ0v) is 19.3. The van der Waals surface area contributed by atoms with Crippen molar-refractivity contribution in [1.29, 1.82) is 0 Å². The van der Waals surface area contributed by atoms with Crippen molar-refractivity contribution in [3.05, 3.63) is 96.3 Å². The van der Waals surface area contributed by atoms with Crippen LogP contribution < -0.4 is 0 Å². The summed E-state index contributed by atoms with van der Waals surface area (Å²) in [5.41, 5.74) is 4.59. The van der Waals surface area contributed by atoms with Crippen molar-refractivity contribution in [2.45, 2.75) is 64.2 Å². The minimum atomic E-state index is -0.0902. The van der Waals surface area contributed by atoms with Gasteiger partial charge in [-0.05, 0) is 104 Å². The van der Waals surface area contributed by atoms with Crippen LogP contribution in [0.2, 0.25) is 0 Å². The Morgan fingerprint density at radius 1 is 0.906 bits per heavy atom. The maximum absolute atomic E-state index is 14.9. The largest absolute Gasteiger partial charge is 0.206 e. The van der Waals surface area contributed by atoms with Gasteiger partial charge in [0, 0.05) is 5.39 Å². The van der Waals surface area contributed by atoms with Crippen molar-refractivity contribution >= 4 is 10.8 Å². The summed E-state index contributed by atoms with van der Waals surface area (Å²) in [5.74, 6) is 1.51. The Bertz CT molecular complexity index is 1070. The monoisotopic (exact) mass is 426 g/mol. The molecule has 0 radical (unpaired) electrons. The Morgan fingerprint density at radius 3 is 2.38 bits per heavy atom. The lowest BCUT2D eigenvalue weighted by Gasteiger charge is -2.28. The molecule has 0 N–H and O–H groups in total. The van der Waals surface area contributed by atoms with Crippen molar-refractivity contribution in [3.63, 3.8) is 0 Å². The summed E-state index contributed by atoms with van der Waals surface area (Å²) in [7, 11) is 0. The third kappa shape index (κ3) is 5.21. The van der Waals surface area contributed by atoms with Gasteiger partial charge in [0.2, 0.25) is 0 Å². The average molecular weight is 427 g/mol. The maximum atomic E-state index is 14.9. The molecule has 0 aromatic heterocycles. The van der Waals surface area contributed by atoms with Gasteiger partial charge in [-0.25, -0.2) is 4.39 Å². The highest BCUT2D eigenvalue weighted by molar-refractivity contribution is 5.88. The Hall–Kier alpha value is -2.67. The highest BCUT2D eigenvalue weighted by Gasteiger charge is 2.21. The Labute approximate surface area is 192 Å². The summed E-state index contributed by atoms with van der Waals surface area (Å²) >= 11 is 0. The summed E-state index contributed by atoms with van der Waals surface area (Å²) in [6.45, 7) is 5.85. The second-order valence-electron chi connectivity index (χ2n) is 9.29. The van der Waals surface area contributed by atoms with E-state index in [4.69, 9.17) is 0 Å². The SMILES string of the molecule is C=CCCc1ccc2cc(-c3ccc(C4CCC(CC/C=C/C)CC4)cc3)ccc2c1F. The lowest BCUT2D eigenvalue weighted by atomic mass is 9.77. The van der Waals surface area contributed by atoms with E-state index in [1.807, 2.05) is 30.3 Å². The molecule has 166 valence electrons. The lowest BCUT2D eigenvalue weighted by molar-refractivity contribution is 0.312. The van der Waals surface area contributed by atoms with Crippen molar-refractivity contribution < 1.29 is 4.39 Å². The van der Waals surface area contributed by atoms with Gasteiger partial charge in [-0.1, -0.05) is 66.8 Å². The number of allylic oxidation sites excluding steroid dienone is 3. The molecule has 0 saturated heterocycles. The topological polar surface area (TPSA) is 0 Å². The van der Waals surface area contributed by atoms with E-state index in [9.17, 15) is 4.39 Å². The van der Waals surface area contributed by atoms with Crippen molar-refractivity contribution in [2.24, 2.45) is 5.92 Å². The molecule has 1 heteroatoms. The van der Waals surface area contributed by atoms with Crippen LogP contribution in [0.15, 0.2) is 79.4 Å². The second kappa shape index (κ2) is 10.8. The summed E-state index contributed by atoms with van der Waals surface area (Å²) in [4.78, 5) is 0. The molecule has 0 nitrogen and oxygen atoms in total. The molecule has 0 spiro atoms. The molecule has 1 aliphatic rings. The molecule has 0 bridgehead atoms. The van der Waals surface area contributed by atoms with Gasteiger partial charge in [-0.3, -0.25) is 0 Å². The van der Waals surface area contributed by atoms with E-state index in [2.05, 4.69) is 56.0 Å². The van der Waals surface area contributed by atoms with Crippen LogP contribution in [-0.2, 0) is 6.42 Å². The first-order valence-electron chi connectivity index (χ1n) is 12.2. The lowest BCUT2D eigenvalue weighted by Crippen LogP contribution is -2.13. The van der Waals surface area contributed by atoms with Crippen LogP contribution in [-0.4, -0.2) is 0 Å². The molecule has 0 amide bonds. The third-order valence-electron chi connectivity index (χ3n) is 7.19. The quantitative estimate of drug-likeness (QED) is 0.315. The first-order valence-corrected chi connectivity index (χ1v) is 12.2. The van der Waals surface area contributed by atoms with Crippen LogP contribution in [0.1, 0.15) is 68.9 Å². The number of benzene rings is 3. The van der Waals surface area contributed by atoms with Crippen LogP contribution in [0, 0.1) is 11.7 Å². The van der Waals surface area contributed by atoms with E-state index in [1.165, 1.54) is 49.7 Å². The van der Waals surface area contributed by atoms with Crippen LogP contribution >= 0.6 is 0 Å². The molecule has 3 aromatic rings. The van der Waals surface area contributed by atoms with Crippen molar-refractivity contribution in [1.82, 2.24) is 0 Å². The minimum Gasteiger partial charge on any atom is -0.206 e. The molecule has 0 aliphatic heterocycles. The normalized spacial score (nSPS) is 18.9.